The van der Waals surface area contributed by atoms with Gasteiger partial charge in [-0.3, -0.25) is 0 Å². The summed E-state index contributed by atoms with van der Waals surface area (Å²) in [5.41, 5.74) is 2.98. The van der Waals surface area contributed by atoms with E-state index in [1.165, 1.54) is 0 Å². The average molecular weight is 276 g/mol. The smallest absolute Gasteiger partial charge is 0.161 e. The fourth-order valence-corrected chi connectivity index (χ4v) is 2.00. The quantitative estimate of drug-likeness (QED) is 0.879. The summed E-state index contributed by atoms with van der Waals surface area (Å²) in [5.74, 6) is 2.23. The summed E-state index contributed by atoms with van der Waals surface area (Å²) >= 11 is 0. The minimum absolute atomic E-state index is 0.420. The summed E-state index contributed by atoms with van der Waals surface area (Å²) in [7, 11) is 3.55. The van der Waals surface area contributed by atoms with Crippen LogP contribution in [0.15, 0.2) is 22.7 Å². The van der Waals surface area contributed by atoms with Gasteiger partial charge in [-0.2, -0.15) is 0 Å². The van der Waals surface area contributed by atoms with Crippen molar-refractivity contribution in [1.29, 1.82) is 0 Å². The van der Waals surface area contributed by atoms with Gasteiger partial charge in [0.15, 0.2) is 11.5 Å². The van der Waals surface area contributed by atoms with Crippen LogP contribution in [0.1, 0.15) is 22.6 Å². The van der Waals surface area contributed by atoms with Crippen LogP contribution in [0.4, 0.5) is 0 Å². The normalized spacial score (nSPS) is 10.6. The van der Waals surface area contributed by atoms with Crippen molar-refractivity contribution < 1.29 is 14.0 Å². The average Bonchev–Trinajstić information content (AvgIpc) is 2.77. The number of aryl methyl sites for hydroxylation is 2. The highest BCUT2D eigenvalue weighted by Gasteiger charge is 2.11. The van der Waals surface area contributed by atoms with Gasteiger partial charge in [-0.15, -0.1) is 0 Å². The molecule has 1 N–H and O–H groups in total. The third kappa shape index (κ3) is 3.11. The van der Waals surface area contributed by atoms with Gasteiger partial charge in [0.1, 0.15) is 12.4 Å². The van der Waals surface area contributed by atoms with Crippen molar-refractivity contribution in [2.24, 2.45) is 0 Å². The molecule has 2 aromatic rings. The molecule has 0 fully saturated rings. The lowest BCUT2D eigenvalue weighted by atomic mass is 10.2. The molecule has 1 heterocycles. The van der Waals surface area contributed by atoms with Crippen LogP contribution in [-0.4, -0.2) is 19.3 Å². The molecular formula is C15H20N2O3. The maximum Gasteiger partial charge on any atom is 0.161 e. The Morgan fingerprint density at radius 3 is 2.65 bits per heavy atom. The minimum atomic E-state index is 0.420. The van der Waals surface area contributed by atoms with Crippen molar-refractivity contribution >= 4 is 0 Å². The van der Waals surface area contributed by atoms with Gasteiger partial charge in [-0.1, -0.05) is 11.2 Å². The second-order valence-corrected chi connectivity index (χ2v) is 4.61. The summed E-state index contributed by atoms with van der Waals surface area (Å²) < 4.78 is 16.3. The van der Waals surface area contributed by atoms with Gasteiger partial charge in [0.2, 0.25) is 0 Å². The van der Waals surface area contributed by atoms with E-state index in [2.05, 4.69) is 10.5 Å². The molecule has 5 heteroatoms. The number of aromatic nitrogens is 1. The van der Waals surface area contributed by atoms with Crippen molar-refractivity contribution in [3.8, 4) is 11.5 Å². The Morgan fingerprint density at radius 1 is 1.25 bits per heavy atom. The molecule has 1 aromatic carbocycles. The molecule has 0 unspecified atom stereocenters. The second kappa shape index (κ2) is 6.43. The molecule has 0 saturated heterocycles. The van der Waals surface area contributed by atoms with E-state index in [0.29, 0.717) is 12.4 Å². The van der Waals surface area contributed by atoms with E-state index in [0.717, 1.165) is 34.9 Å². The Balaban J connectivity index is 2.13. The van der Waals surface area contributed by atoms with Crippen molar-refractivity contribution in [2.75, 3.05) is 14.2 Å². The highest BCUT2D eigenvalue weighted by atomic mass is 16.5. The fraction of sp³-hybridized carbons (Fsp3) is 0.400. The van der Waals surface area contributed by atoms with E-state index in [1.54, 1.807) is 7.11 Å². The van der Waals surface area contributed by atoms with Gasteiger partial charge < -0.3 is 19.3 Å². The zero-order valence-electron chi connectivity index (χ0n) is 12.3. The lowest BCUT2D eigenvalue weighted by Crippen LogP contribution is -2.05. The Labute approximate surface area is 118 Å². The highest BCUT2D eigenvalue weighted by molar-refractivity contribution is 5.43. The van der Waals surface area contributed by atoms with Crippen molar-refractivity contribution in [3.63, 3.8) is 0 Å². The maximum absolute atomic E-state index is 5.82. The van der Waals surface area contributed by atoms with E-state index < -0.39 is 0 Å². The van der Waals surface area contributed by atoms with E-state index in [4.69, 9.17) is 14.0 Å². The molecule has 0 aliphatic rings. The predicted molar refractivity (Wildman–Crippen MR) is 76.1 cm³/mol. The van der Waals surface area contributed by atoms with Crippen LogP contribution in [0.2, 0.25) is 0 Å². The number of benzene rings is 1. The second-order valence-electron chi connectivity index (χ2n) is 4.61. The first-order valence-corrected chi connectivity index (χ1v) is 6.51. The molecule has 0 saturated carbocycles. The lowest BCUT2D eigenvalue weighted by molar-refractivity contribution is 0.281. The maximum atomic E-state index is 5.82. The van der Waals surface area contributed by atoms with Gasteiger partial charge in [-0.25, -0.2) is 0 Å². The topological polar surface area (TPSA) is 56.5 Å². The molecule has 0 atom stereocenters. The molecule has 5 nitrogen and oxygen atoms in total. The molecule has 0 bridgehead atoms. The number of rotatable bonds is 6. The minimum Gasteiger partial charge on any atom is -0.493 e. The van der Waals surface area contributed by atoms with Crippen LogP contribution in [0.25, 0.3) is 0 Å². The molecule has 0 amide bonds. The number of ether oxygens (including phenoxy) is 2. The molecular weight excluding hydrogens is 256 g/mol. The molecule has 1 aromatic heterocycles. The van der Waals surface area contributed by atoms with Crippen LogP contribution in [0.5, 0.6) is 11.5 Å². The van der Waals surface area contributed by atoms with Crippen LogP contribution in [0.3, 0.4) is 0 Å². The summed E-state index contributed by atoms with van der Waals surface area (Å²) in [6.45, 7) is 5.00. The van der Waals surface area contributed by atoms with Crippen LogP contribution in [0, 0.1) is 13.8 Å². The third-order valence-electron chi connectivity index (χ3n) is 3.16. The van der Waals surface area contributed by atoms with E-state index in [9.17, 15) is 0 Å². The van der Waals surface area contributed by atoms with Crippen LogP contribution < -0.4 is 14.8 Å². The summed E-state index contributed by atoms with van der Waals surface area (Å²) in [6, 6.07) is 5.91. The van der Waals surface area contributed by atoms with Gasteiger partial charge in [-0.05, 0) is 38.6 Å². The number of hydrogen-bond donors (Lipinski definition) is 1. The zero-order valence-corrected chi connectivity index (χ0v) is 12.3. The van der Waals surface area contributed by atoms with Crippen LogP contribution in [-0.2, 0) is 13.2 Å². The predicted octanol–water partition coefficient (Wildman–Crippen LogP) is 2.60. The summed E-state index contributed by atoms with van der Waals surface area (Å²) in [4.78, 5) is 0. The molecule has 108 valence electrons. The number of methoxy groups -OCH3 is 1. The first-order chi connectivity index (χ1) is 9.65. The standard InChI is InChI=1S/C15H20N2O3/c1-10-13(11(2)20-17-10)9-19-14-6-5-12(8-16-3)7-15(14)18-4/h5-7,16H,8-9H2,1-4H3. The number of nitrogens with zero attached hydrogens (tertiary/aromatic N) is 1. The van der Waals surface area contributed by atoms with Crippen LogP contribution >= 0.6 is 0 Å². The van der Waals surface area contributed by atoms with Crippen molar-refractivity contribution in [2.45, 2.75) is 27.0 Å². The van der Waals surface area contributed by atoms with Gasteiger partial charge in [0.05, 0.1) is 18.4 Å². The van der Waals surface area contributed by atoms with Gasteiger partial charge in [0.25, 0.3) is 0 Å². The highest BCUT2D eigenvalue weighted by Crippen LogP contribution is 2.29. The van der Waals surface area contributed by atoms with E-state index in [-0.39, 0.29) is 0 Å². The summed E-state index contributed by atoms with van der Waals surface area (Å²) in [6.07, 6.45) is 0. The Bertz CT molecular complexity index is 559. The zero-order chi connectivity index (χ0) is 14.5. The first kappa shape index (κ1) is 14.4. The van der Waals surface area contributed by atoms with E-state index >= 15 is 0 Å². The van der Waals surface area contributed by atoms with Gasteiger partial charge >= 0.3 is 0 Å². The Kier molecular flexibility index (Phi) is 4.63. The molecule has 20 heavy (non-hydrogen) atoms. The van der Waals surface area contributed by atoms with E-state index in [1.807, 2.05) is 39.1 Å². The molecule has 0 radical (unpaired) electrons. The van der Waals surface area contributed by atoms with Crippen molar-refractivity contribution in [3.05, 3.63) is 40.8 Å². The Morgan fingerprint density at radius 2 is 2.05 bits per heavy atom. The monoisotopic (exact) mass is 276 g/mol. The largest absolute Gasteiger partial charge is 0.493 e. The SMILES string of the molecule is CNCc1ccc(OCc2c(C)noc2C)c(OC)c1. The molecule has 0 aliphatic heterocycles. The number of nitrogens with one attached hydrogen (secondary N) is 1. The molecule has 0 aliphatic carbocycles. The van der Waals surface area contributed by atoms with Crippen molar-refractivity contribution in [1.82, 2.24) is 10.5 Å². The lowest BCUT2D eigenvalue weighted by Gasteiger charge is -2.12. The van der Waals surface area contributed by atoms with Gasteiger partial charge in [0, 0.05) is 6.54 Å². The third-order valence-corrected chi connectivity index (χ3v) is 3.16. The number of hydrogen-bond acceptors (Lipinski definition) is 5. The molecule has 0 spiro atoms. The first-order valence-electron chi connectivity index (χ1n) is 6.51. The molecule has 2 rings (SSSR count). The fourth-order valence-electron chi connectivity index (χ4n) is 2.00. The summed E-state index contributed by atoms with van der Waals surface area (Å²) in [5, 5.41) is 7.02. The Hall–Kier alpha value is -2.01.